The van der Waals surface area contributed by atoms with E-state index in [4.69, 9.17) is 9.47 Å². The highest BCUT2D eigenvalue weighted by Gasteiger charge is 2.66. The molecule has 2 unspecified atom stereocenters. The van der Waals surface area contributed by atoms with Crippen LogP contribution in [0.5, 0.6) is 0 Å². The second kappa shape index (κ2) is 6.47. The average molecular weight is 380 g/mol. The van der Waals surface area contributed by atoms with Crippen LogP contribution in [0, 0.1) is 23.2 Å². The van der Waals surface area contributed by atoms with E-state index in [0.29, 0.717) is 11.8 Å². The van der Waals surface area contributed by atoms with Gasteiger partial charge in [-0.25, -0.2) is 9.59 Å². The standard InChI is InChI=1S/C24H28O4/c1-3-5-7-18-16-10-9-15-14-11-12-24(21(15)20(16)23(26)27-18)17(13-14)22(25)28-19(24)8-6-4-2/h7-8,13-15,21H,3-6,9-12H2,1-2H3/b18-7-,19-8-/t14?,15-,21+,24?/m0/s1. The van der Waals surface area contributed by atoms with E-state index in [1.54, 1.807) is 0 Å². The molecule has 28 heavy (non-hydrogen) atoms. The minimum absolute atomic E-state index is 0.0181. The van der Waals surface area contributed by atoms with Crippen molar-refractivity contribution in [2.75, 3.05) is 0 Å². The molecule has 0 N–H and O–H groups in total. The summed E-state index contributed by atoms with van der Waals surface area (Å²) >= 11 is 0. The quantitative estimate of drug-likeness (QED) is 0.635. The maximum Gasteiger partial charge on any atom is 0.340 e. The van der Waals surface area contributed by atoms with Gasteiger partial charge in [0, 0.05) is 22.6 Å². The van der Waals surface area contributed by atoms with Crippen LogP contribution in [-0.4, -0.2) is 11.9 Å². The Balaban J connectivity index is 1.68. The van der Waals surface area contributed by atoms with Crippen molar-refractivity contribution in [3.05, 3.63) is 46.5 Å². The van der Waals surface area contributed by atoms with Gasteiger partial charge in [-0.2, -0.15) is 0 Å². The highest BCUT2D eigenvalue weighted by Crippen LogP contribution is 2.68. The number of fused-ring (bicyclic) bond motifs is 1. The van der Waals surface area contributed by atoms with E-state index < -0.39 is 5.41 Å². The summed E-state index contributed by atoms with van der Waals surface area (Å²) in [5.74, 6) is 1.96. The Hall–Kier alpha value is -2.10. The topological polar surface area (TPSA) is 52.6 Å². The molecule has 2 fully saturated rings. The number of hydrogen-bond donors (Lipinski definition) is 0. The molecule has 0 aromatic rings. The number of unbranched alkanes of at least 4 members (excludes halogenated alkanes) is 2. The molecule has 4 heteroatoms. The SMILES string of the molecule is CCC/C=C1\OC(=O)C2=C1CC[C@H]1C3C=C4C(=O)O/C(=C\CCC)C4(CC3)[C@@H]21. The Morgan fingerprint density at radius 3 is 2.64 bits per heavy atom. The summed E-state index contributed by atoms with van der Waals surface area (Å²) < 4.78 is 11.6. The van der Waals surface area contributed by atoms with Gasteiger partial charge in [0.25, 0.3) is 0 Å². The molecule has 0 radical (unpaired) electrons. The maximum atomic E-state index is 13.0. The van der Waals surface area contributed by atoms with E-state index >= 15 is 0 Å². The summed E-state index contributed by atoms with van der Waals surface area (Å²) in [7, 11) is 0. The minimum Gasteiger partial charge on any atom is -0.427 e. The van der Waals surface area contributed by atoms with Crippen LogP contribution in [0.15, 0.2) is 46.5 Å². The van der Waals surface area contributed by atoms with Gasteiger partial charge in [0.15, 0.2) is 0 Å². The zero-order chi connectivity index (χ0) is 19.5. The molecule has 148 valence electrons. The van der Waals surface area contributed by atoms with Gasteiger partial charge in [0.1, 0.15) is 11.5 Å². The van der Waals surface area contributed by atoms with E-state index in [1.165, 1.54) is 0 Å². The Labute approximate surface area is 166 Å². The number of ether oxygens (including phenoxy) is 2. The van der Waals surface area contributed by atoms with Crippen molar-refractivity contribution in [2.45, 2.75) is 65.2 Å². The number of cyclic esters (lactones) is 2. The third kappa shape index (κ3) is 2.23. The summed E-state index contributed by atoms with van der Waals surface area (Å²) in [6.07, 6.45) is 14.1. The van der Waals surface area contributed by atoms with Crippen molar-refractivity contribution in [1.82, 2.24) is 0 Å². The van der Waals surface area contributed by atoms with Gasteiger partial charge in [-0.3, -0.25) is 0 Å². The van der Waals surface area contributed by atoms with Crippen molar-refractivity contribution in [3.63, 3.8) is 0 Å². The molecular weight excluding hydrogens is 352 g/mol. The number of carbonyl (C=O) groups excluding carboxylic acids is 2. The lowest BCUT2D eigenvalue weighted by molar-refractivity contribution is -0.135. The van der Waals surface area contributed by atoms with Crippen molar-refractivity contribution in [3.8, 4) is 0 Å². The Morgan fingerprint density at radius 2 is 1.86 bits per heavy atom. The molecule has 1 saturated carbocycles. The van der Waals surface area contributed by atoms with Crippen molar-refractivity contribution >= 4 is 11.9 Å². The van der Waals surface area contributed by atoms with Crippen LogP contribution in [0.4, 0.5) is 0 Å². The smallest absolute Gasteiger partial charge is 0.340 e. The zero-order valence-electron chi connectivity index (χ0n) is 16.8. The molecule has 1 saturated heterocycles. The van der Waals surface area contributed by atoms with Crippen LogP contribution >= 0.6 is 0 Å². The summed E-state index contributed by atoms with van der Waals surface area (Å²) in [6, 6.07) is 0. The summed E-state index contributed by atoms with van der Waals surface area (Å²) in [5, 5.41) is 0. The van der Waals surface area contributed by atoms with Crippen LogP contribution in [0.1, 0.15) is 65.2 Å². The fourth-order valence-corrected chi connectivity index (χ4v) is 6.29. The molecule has 6 rings (SSSR count). The predicted octanol–water partition coefficient (Wildman–Crippen LogP) is 5.13. The first-order valence-corrected chi connectivity index (χ1v) is 10.9. The number of esters is 2. The highest BCUT2D eigenvalue weighted by molar-refractivity contribution is 5.99. The zero-order valence-corrected chi connectivity index (χ0v) is 16.8. The van der Waals surface area contributed by atoms with Crippen LogP contribution in [0.25, 0.3) is 0 Å². The number of hydrogen-bond acceptors (Lipinski definition) is 4. The predicted molar refractivity (Wildman–Crippen MR) is 105 cm³/mol. The van der Waals surface area contributed by atoms with Crippen LogP contribution in [-0.2, 0) is 19.1 Å². The van der Waals surface area contributed by atoms with Crippen molar-refractivity contribution in [2.24, 2.45) is 23.2 Å². The van der Waals surface area contributed by atoms with Gasteiger partial charge in [0.2, 0.25) is 0 Å². The normalized spacial score (nSPS) is 38.4. The summed E-state index contributed by atoms with van der Waals surface area (Å²) in [4.78, 5) is 25.8. The number of allylic oxidation sites excluding steroid dienone is 5. The minimum atomic E-state index is -0.452. The third-order valence-corrected chi connectivity index (χ3v) is 7.43. The monoisotopic (exact) mass is 380 g/mol. The molecule has 0 aromatic carbocycles. The second-order valence-corrected chi connectivity index (χ2v) is 8.82. The molecular formula is C24H28O4. The first-order valence-electron chi connectivity index (χ1n) is 10.9. The summed E-state index contributed by atoms with van der Waals surface area (Å²) in [6.45, 7) is 4.26. The van der Waals surface area contributed by atoms with E-state index in [0.717, 1.165) is 79.6 Å². The largest absolute Gasteiger partial charge is 0.427 e. The lowest BCUT2D eigenvalue weighted by atomic mass is 9.47. The number of carbonyl (C=O) groups is 2. The van der Waals surface area contributed by atoms with Gasteiger partial charge in [-0.05, 0) is 62.5 Å². The first kappa shape index (κ1) is 18.0. The lowest BCUT2D eigenvalue weighted by Gasteiger charge is -2.54. The molecule has 4 atom stereocenters. The Morgan fingerprint density at radius 1 is 1.07 bits per heavy atom. The fourth-order valence-electron chi connectivity index (χ4n) is 6.29. The van der Waals surface area contributed by atoms with E-state index in [2.05, 4.69) is 32.1 Å². The first-order chi connectivity index (χ1) is 13.6. The van der Waals surface area contributed by atoms with E-state index in [-0.39, 0.29) is 17.9 Å². The van der Waals surface area contributed by atoms with Crippen LogP contribution in [0.2, 0.25) is 0 Å². The molecule has 1 spiro atoms. The number of rotatable bonds is 4. The average Bonchev–Trinajstić information content (AvgIpc) is 3.19. The molecule has 0 amide bonds. The molecule has 0 aromatic heterocycles. The van der Waals surface area contributed by atoms with Crippen molar-refractivity contribution in [1.29, 1.82) is 0 Å². The third-order valence-electron chi connectivity index (χ3n) is 7.43. The summed E-state index contributed by atoms with van der Waals surface area (Å²) in [5.41, 5.74) is 2.29. The van der Waals surface area contributed by atoms with Gasteiger partial charge >= 0.3 is 11.9 Å². The van der Waals surface area contributed by atoms with Gasteiger partial charge in [0.05, 0.1) is 5.41 Å². The second-order valence-electron chi connectivity index (χ2n) is 8.82. The Kier molecular flexibility index (Phi) is 4.15. The maximum absolute atomic E-state index is 13.0. The van der Waals surface area contributed by atoms with Gasteiger partial charge < -0.3 is 9.47 Å². The fraction of sp³-hybridized carbons (Fsp3) is 0.583. The lowest BCUT2D eigenvalue weighted by Crippen LogP contribution is -2.50. The van der Waals surface area contributed by atoms with Gasteiger partial charge in [-0.1, -0.05) is 32.8 Å². The molecule has 2 aliphatic heterocycles. The molecule has 2 heterocycles. The highest BCUT2D eigenvalue weighted by atomic mass is 16.5. The van der Waals surface area contributed by atoms with Crippen LogP contribution < -0.4 is 0 Å². The van der Waals surface area contributed by atoms with E-state index in [1.807, 2.05) is 0 Å². The van der Waals surface area contributed by atoms with E-state index in [9.17, 15) is 9.59 Å². The van der Waals surface area contributed by atoms with Crippen LogP contribution in [0.3, 0.4) is 0 Å². The molecule has 4 aliphatic carbocycles. The molecule has 4 nitrogen and oxygen atoms in total. The van der Waals surface area contributed by atoms with Crippen molar-refractivity contribution < 1.29 is 19.1 Å². The Bertz CT molecular complexity index is 871. The molecule has 2 bridgehead atoms. The van der Waals surface area contributed by atoms with Gasteiger partial charge in [-0.15, -0.1) is 0 Å². The molecule has 6 aliphatic rings.